The number of carbonyl (C=O) groups excluding carboxylic acids is 3. The molecule has 3 fully saturated rings. The minimum Gasteiger partial charge on any atom is -0.465 e. The van der Waals surface area contributed by atoms with Gasteiger partial charge in [-0.15, -0.1) is 24.9 Å². The number of aliphatic hydroxyl groups excluding tert-OH is 1. The summed E-state index contributed by atoms with van der Waals surface area (Å²) < 4.78 is 4.87. The minimum atomic E-state index is -0.847. The number of ether oxygens (including phenoxy) is 1. The van der Waals surface area contributed by atoms with Crippen molar-refractivity contribution in [2.75, 3.05) is 24.7 Å². The normalized spacial score (nSPS) is 29.4. The molecule has 3 heterocycles. The highest BCUT2D eigenvalue weighted by molar-refractivity contribution is 8.02. The molecule has 1 aromatic carbocycles. The van der Waals surface area contributed by atoms with Gasteiger partial charge in [-0.3, -0.25) is 14.4 Å². The molecule has 1 spiro atoms. The van der Waals surface area contributed by atoms with Crippen molar-refractivity contribution in [1.29, 1.82) is 0 Å². The number of hydrogen-bond acceptors (Lipinski definition) is 6. The summed E-state index contributed by atoms with van der Waals surface area (Å²) in [5.74, 6) is -1.96. The van der Waals surface area contributed by atoms with Crippen molar-refractivity contribution in [2.45, 2.75) is 68.5 Å². The molecule has 1 N–H and O–H groups in total. The van der Waals surface area contributed by atoms with Crippen LogP contribution < -0.4 is 4.90 Å². The van der Waals surface area contributed by atoms with Crippen LogP contribution in [0.1, 0.15) is 46.5 Å². The van der Waals surface area contributed by atoms with Gasteiger partial charge >= 0.3 is 5.97 Å². The first-order chi connectivity index (χ1) is 19.1. The Balaban J connectivity index is 1.79. The maximum atomic E-state index is 14.7. The van der Waals surface area contributed by atoms with Crippen LogP contribution in [0.15, 0.2) is 49.6 Å². The standard InChI is InChI=1S/C31H41ClN2O5S/c1-6-8-9-15-39-30(38)25-24-17-20(5)31(40-24)26(25)28(36)34(23(18-35)16-19(3)4)27(31)29(37)33(14-7-2)22-12-10-21(32)11-13-22/h6-7,10-13,19-20,23-27,35H,1-2,8-9,14-18H2,3-5H3/t20?,23-,24-,25+,26+,27?,31?/m1/s1. The lowest BCUT2D eigenvalue weighted by atomic mass is 9.66. The number of fused-ring (bicyclic) bond motifs is 1. The van der Waals surface area contributed by atoms with E-state index in [-0.39, 0.29) is 54.6 Å². The Hall–Kier alpha value is -2.29. The Kier molecular flexibility index (Phi) is 9.74. The number of halogens is 1. The average molecular weight is 589 g/mol. The van der Waals surface area contributed by atoms with Gasteiger partial charge in [0.2, 0.25) is 5.91 Å². The summed E-state index contributed by atoms with van der Waals surface area (Å²) in [6, 6.07) is 5.62. The second-order valence-corrected chi connectivity index (χ2v) is 13.6. The first-order valence-electron chi connectivity index (χ1n) is 14.2. The number of likely N-dealkylation sites (tertiary alicyclic amines) is 1. The first kappa shape index (κ1) is 30.7. The van der Waals surface area contributed by atoms with E-state index in [1.165, 1.54) is 0 Å². The number of benzene rings is 1. The zero-order valence-corrected chi connectivity index (χ0v) is 25.2. The summed E-state index contributed by atoms with van der Waals surface area (Å²) in [5, 5.41) is 11.0. The Labute approximate surface area is 246 Å². The van der Waals surface area contributed by atoms with Crippen LogP contribution in [0.5, 0.6) is 0 Å². The summed E-state index contributed by atoms with van der Waals surface area (Å²) >= 11 is 7.74. The molecule has 2 amide bonds. The van der Waals surface area contributed by atoms with Crippen molar-refractivity contribution in [1.82, 2.24) is 4.90 Å². The molecular weight excluding hydrogens is 548 g/mol. The smallest absolute Gasteiger partial charge is 0.310 e. The van der Waals surface area contributed by atoms with Crippen LogP contribution in [0.25, 0.3) is 0 Å². The molecule has 0 radical (unpaired) electrons. The van der Waals surface area contributed by atoms with E-state index in [1.54, 1.807) is 58.0 Å². The predicted molar refractivity (Wildman–Crippen MR) is 160 cm³/mol. The summed E-state index contributed by atoms with van der Waals surface area (Å²) in [6.07, 6.45) is 6.11. The number of nitrogens with zero attached hydrogens (tertiary/aromatic N) is 2. The van der Waals surface area contributed by atoms with E-state index in [0.29, 0.717) is 23.6 Å². The largest absolute Gasteiger partial charge is 0.465 e. The molecule has 3 saturated heterocycles. The van der Waals surface area contributed by atoms with Crippen LogP contribution in [0, 0.1) is 23.7 Å². The molecule has 4 rings (SSSR count). The second kappa shape index (κ2) is 12.7. The lowest BCUT2D eigenvalue weighted by Gasteiger charge is -2.42. The minimum absolute atomic E-state index is 0.00871. The molecule has 3 unspecified atom stereocenters. The van der Waals surface area contributed by atoms with Crippen LogP contribution >= 0.6 is 23.4 Å². The van der Waals surface area contributed by atoms with Crippen LogP contribution in [0.3, 0.4) is 0 Å². The highest BCUT2D eigenvalue weighted by Crippen LogP contribution is 2.69. The van der Waals surface area contributed by atoms with E-state index in [2.05, 4.69) is 20.1 Å². The number of anilines is 1. The number of hydrogen-bond donors (Lipinski definition) is 1. The number of rotatable bonds is 13. The molecular formula is C31H41ClN2O5S. The molecule has 3 aliphatic rings. The third-order valence-electron chi connectivity index (χ3n) is 8.55. The molecule has 9 heteroatoms. The quantitative estimate of drug-likeness (QED) is 0.196. The summed E-state index contributed by atoms with van der Waals surface area (Å²) in [5.41, 5.74) is 0.648. The van der Waals surface area contributed by atoms with E-state index in [0.717, 1.165) is 12.8 Å². The van der Waals surface area contributed by atoms with Gasteiger partial charge in [-0.05, 0) is 61.8 Å². The van der Waals surface area contributed by atoms with Crippen LogP contribution in [-0.2, 0) is 19.1 Å². The fourth-order valence-electron chi connectivity index (χ4n) is 6.94. The SMILES string of the molecule is C=CCCCOC(=O)[C@@H]1[C@H]2C(=O)N([C@@H](CO)CC(C)C)C(C(=O)N(CC=C)c3ccc(Cl)cc3)C23S[C@@H]1CC3C. The van der Waals surface area contributed by atoms with Crippen molar-refractivity contribution in [3.63, 3.8) is 0 Å². The number of carbonyl (C=O) groups is 3. The van der Waals surface area contributed by atoms with Crippen LogP contribution in [0.2, 0.25) is 5.02 Å². The van der Waals surface area contributed by atoms with Crippen molar-refractivity contribution in [3.8, 4) is 0 Å². The molecule has 3 aliphatic heterocycles. The number of thioether (sulfide) groups is 1. The molecule has 1 aromatic rings. The van der Waals surface area contributed by atoms with E-state index in [9.17, 15) is 19.5 Å². The molecule has 7 atom stereocenters. The van der Waals surface area contributed by atoms with Gasteiger partial charge in [-0.1, -0.05) is 44.5 Å². The van der Waals surface area contributed by atoms with Crippen molar-refractivity contribution in [3.05, 3.63) is 54.6 Å². The third kappa shape index (κ3) is 5.35. The topological polar surface area (TPSA) is 87.1 Å². The van der Waals surface area contributed by atoms with Crippen molar-refractivity contribution in [2.24, 2.45) is 23.7 Å². The number of esters is 1. The molecule has 218 valence electrons. The first-order valence-corrected chi connectivity index (χ1v) is 15.4. The Morgan fingerprint density at radius 1 is 1.27 bits per heavy atom. The summed E-state index contributed by atoms with van der Waals surface area (Å²) in [4.78, 5) is 45.9. The van der Waals surface area contributed by atoms with Gasteiger partial charge in [-0.2, -0.15) is 0 Å². The second-order valence-electron chi connectivity index (χ2n) is 11.6. The highest BCUT2D eigenvalue weighted by Gasteiger charge is 2.77. The average Bonchev–Trinajstić information content (AvgIpc) is 3.52. The summed E-state index contributed by atoms with van der Waals surface area (Å²) in [7, 11) is 0. The molecule has 7 nitrogen and oxygen atoms in total. The molecule has 2 bridgehead atoms. The van der Waals surface area contributed by atoms with Gasteiger partial charge in [0.25, 0.3) is 5.91 Å². The van der Waals surface area contributed by atoms with Crippen molar-refractivity contribution >= 4 is 46.8 Å². The number of amides is 2. The van der Waals surface area contributed by atoms with Crippen LogP contribution in [-0.4, -0.2) is 69.6 Å². The van der Waals surface area contributed by atoms with Crippen LogP contribution in [0.4, 0.5) is 5.69 Å². The van der Waals surface area contributed by atoms with E-state index in [1.807, 2.05) is 13.8 Å². The predicted octanol–water partition coefficient (Wildman–Crippen LogP) is 5.11. The highest BCUT2D eigenvalue weighted by atomic mass is 35.5. The zero-order valence-electron chi connectivity index (χ0n) is 23.6. The van der Waals surface area contributed by atoms with Gasteiger partial charge in [0.05, 0.1) is 35.8 Å². The Morgan fingerprint density at radius 2 is 1.98 bits per heavy atom. The monoisotopic (exact) mass is 588 g/mol. The van der Waals surface area contributed by atoms with Gasteiger partial charge in [0.1, 0.15) is 6.04 Å². The fourth-order valence-corrected chi connectivity index (χ4v) is 9.45. The molecule has 0 aromatic heterocycles. The maximum Gasteiger partial charge on any atom is 0.310 e. The van der Waals surface area contributed by atoms with Gasteiger partial charge in [-0.25, -0.2) is 0 Å². The van der Waals surface area contributed by atoms with Gasteiger partial charge in [0.15, 0.2) is 0 Å². The zero-order chi connectivity index (χ0) is 29.2. The Morgan fingerprint density at radius 3 is 2.58 bits per heavy atom. The lowest BCUT2D eigenvalue weighted by molar-refractivity contribution is -0.155. The van der Waals surface area contributed by atoms with Crippen molar-refractivity contribution < 1.29 is 24.2 Å². The summed E-state index contributed by atoms with van der Waals surface area (Å²) in [6.45, 7) is 14.0. The number of aliphatic hydroxyl groups is 1. The number of unbranched alkanes of at least 4 members (excludes halogenated alkanes) is 1. The van der Waals surface area contributed by atoms with E-state index >= 15 is 0 Å². The van der Waals surface area contributed by atoms with E-state index < -0.39 is 28.7 Å². The lowest BCUT2D eigenvalue weighted by Crippen LogP contribution is -2.59. The maximum absolute atomic E-state index is 14.7. The van der Waals surface area contributed by atoms with Gasteiger partial charge in [0, 0.05) is 22.5 Å². The fraction of sp³-hybridized carbons (Fsp3) is 0.581. The van der Waals surface area contributed by atoms with Gasteiger partial charge < -0.3 is 19.6 Å². The molecule has 0 aliphatic carbocycles. The third-order valence-corrected chi connectivity index (χ3v) is 10.9. The molecule has 40 heavy (non-hydrogen) atoms. The van der Waals surface area contributed by atoms with E-state index in [4.69, 9.17) is 16.3 Å². The Bertz CT molecular complexity index is 1130. The molecule has 0 saturated carbocycles. The number of allylic oxidation sites excluding steroid dienone is 1.